The summed E-state index contributed by atoms with van der Waals surface area (Å²) in [6.45, 7) is 4.84. The van der Waals surface area contributed by atoms with E-state index < -0.39 is 0 Å². The van der Waals surface area contributed by atoms with Crippen LogP contribution in [0.2, 0.25) is 0 Å². The number of nitrogens with one attached hydrogen (secondary N) is 2. The van der Waals surface area contributed by atoms with Crippen molar-refractivity contribution in [3.8, 4) is 0 Å². The zero-order chi connectivity index (χ0) is 14.5. The van der Waals surface area contributed by atoms with Crippen molar-refractivity contribution in [1.82, 2.24) is 5.32 Å². The molecule has 1 amide bonds. The number of hydrogen-bond acceptors (Lipinski definition) is 2. The van der Waals surface area contributed by atoms with Crippen molar-refractivity contribution >= 4 is 38.3 Å². The first-order valence-electron chi connectivity index (χ1n) is 6.77. The molecule has 0 aliphatic rings. The summed E-state index contributed by atoms with van der Waals surface area (Å²) in [6, 6.07) is 12.4. The molecule has 0 aliphatic carbocycles. The van der Waals surface area contributed by atoms with Crippen molar-refractivity contribution in [2.24, 2.45) is 0 Å². The Morgan fingerprint density at radius 3 is 2.60 bits per heavy atom. The van der Waals surface area contributed by atoms with Gasteiger partial charge in [0.2, 0.25) is 5.91 Å². The minimum absolute atomic E-state index is 0.0367. The summed E-state index contributed by atoms with van der Waals surface area (Å²) in [6.07, 6.45) is 0.483. The SMILES string of the molecule is CC(C)NCCC(=O)Nc1ccc2cc(Br)ccc2c1. The number of benzene rings is 2. The molecule has 0 saturated heterocycles. The Bertz CT molecular complexity index is 610. The molecular weight excluding hydrogens is 316 g/mol. The number of hydrogen-bond donors (Lipinski definition) is 2. The molecule has 0 fully saturated rings. The van der Waals surface area contributed by atoms with Gasteiger partial charge in [-0.05, 0) is 35.0 Å². The Kier molecular flexibility index (Phi) is 5.15. The number of amides is 1. The summed E-state index contributed by atoms with van der Waals surface area (Å²) in [5.74, 6) is 0.0367. The summed E-state index contributed by atoms with van der Waals surface area (Å²) in [4.78, 5) is 11.8. The van der Waals surface area contributed by atoms with E-state index in [9.17, 15) is 4.79 Å². The standard InChI is InChI=1S/C16H19BrN2O/c1-11(2)18-8-7-16(20)19-15-6-4-12-9-14(17)5-3-13(12)10-15/h3-6,9-11,18H,7-8H2,1-2H3,(H,19,20). The number of carbonyl (C=O) groups is 1. The summed E-state index contributed by atoms with van der Waals surface area (Å²) in [5, 5.41) is 8.43. The van der Waals surface area contributed by atoms with Crippen molar-refractivity contribution in [2.45, 2.75) is 26.3 Å². The van der Waals surface area contributed by atoms with Gasteiger partial charge in [-0.25, -0.2) is 0 Å². The van der Waals surface area contributed by atoms with Crippen LogP contribution < -0.4 is 10.6 Å². The topological polar surface area (TPSA) is 41.1 Å². The van der Waals surface area contributed by atoms with Crippen LogP contribution in [-0.2, 0) is 4.79 Å². The second-order valence-corrected chi connectivity index (χ2v) is 6.03. The van der Waals surface area contributed by atoms with Gasteiger partial charge >= 0.3 is 0 Å². The van der Waals surface area contributed by atoms with Crippen LogP contribution in [0.25, 0.3) is 10.8 Å². The molecule has 0 unspecified atom stereocenters. The van der Waals surface area contributed by atoms with E-state index in [0.717, 1.165) is 20.9 Å². The fourth-order valence-electron chi connectivity index (χ4n) is 1.99. The third kappa shape index (κ3) is 4.32. The maximum atomic E-state index is 11.8. The fraction of sp³-hybridized carbons (Fsp3) is 0.312. The van der Waals surface area contributed by atoms with Crippen molar-refractivity contribution in [3.05, 3.63) is 40.9 Å². The van der Waals surface area contributed by atoms with Crippen molar-refractivity contribution < 1.29 is 4.79 Å². The normalized spacial score (nSPS) is 11.0. The molecule has 3 nitrogen and oxygen atoms in total. The lowest BCUT2D eigenvalue weighted by Crippen LogP contribution is -2.27. The third-order valence-corrected chi connectivity index (χ3v) is 3.48. The first kappa shape index (κ1) is 15.0. The van der Waals surface area contributed by atoms with Gasteiger partial charge in [0.15, 0.2) is 0 Å². The molecule has 2 aromatic rings. The predicted octanol–water partition coefficient (Wildman–Crippen LogP) is 3.93. The Balaban J connectivity index is 1.99. The van der Waals surface area contributed by atoms with Crippen molar-refractivity contribution in [2.75, 3.05) is 11.9 Å². The number of anilines is 1. The van der Waals surface area contributed by atoms with Gasteiger partial charge < -0.3 is 10.6 Å². The van der Waals surface area contributed by atoms with Crippen LogP contribution >= 0.6 is 15.9 Å². The van der Waals surface area contributed by atoms with Crippen LogP contribution in [0.3, 0.4) is 0 Å². The zero-order valence-electron chi connectivity index (χ0n) is 11.7. The van der Waals surface area contributed by atoms with E-state index >= 15 is 0 Å². The Morgan fingerprint density at radius 2 is 1.85 bits per heavy atom. The molecular formula is C16H19BrN2O. The first-order chi connectivity index (χ1) is 9.54. The van der Waals surface area contributed by atoms with Crippen LogP contribution in [0.4, 0.5) is 5.69 Å². The van der Waals surface area contributed by atoms with Gasteiger partial charge in [0.05, 0.1) is 0 Å². The molecule has 0 spiro atoms. The average molecular weight is 335 g/mol. The number of carbonyl (C=O) groups excluding carboxylic acids is 1. The van der Waals surface area contributed by atoms with Gasteiger partial charge in [-0.15, -0.1) is 0 Å². The Labute approximate surface area is 127 Å². The summed E-state index contributed by atoms with van der Waals surface area (Å²) < 4.78 is 1.06. The minimum atomic E-state index is 0.0367. The number of halogens is 1. The molecule has 20 heavy (non-hydrogen) atoms. The lowest BCUT2D eigenvalue weighted by molar-refractivity contribution is -0.116. The molecule has 0 radical (unpaired) electrons. The van der Waals surface area contributed by atoms with Crippen LogP contribution in [0.1, 0.15) is 20.3 Å². The van der Waals surface area contributed by atoms with Crippen LogP contribution in [0.5, 0.6) is 0 Å². The quantitative estimate of drug-likeness (QED) is 0.869. The van der Waals surface area contributed by atoms with Gasteiger partial charge in [-0.2, -0.15) is 0 Å². The molecule has 4 heteroatoms. The molecule has 0 bridgehead atoms. The largest absolute Gasteiger partial charge is 0.326 e. The molecule has 2 rings (SSSR count). The van der Waals surface area contributed by atoms with Gasteiger partial charge in [0.1, 0.15) is 0 Å². The molecule has 0 heterocycles. The second kappa shape index (κ2) is 6.86. The number of fused-ring (bicyclic) bond motifs is 1. The van der Waals surface area contributed by atoms with E-state index in [1.54, 1.807) is 0 Å². The maximum absolute atomic E-state index is 11.8. The van der Waals surface area contributed by atoms with Crippen molar-refractivity contribution in [3.63, 3.8) is 0 Å². The summed E-state index contributed by atoms with van der Waals surface area (Å²) in [5.41, 5.74) is 0.842. The summed E-state index contributed by atoms with van der Waals surface area (Å²) in [7, 11) is 0. The van der Waals surface area contributed by atoms with E-state index in [1.165, 1.54) is 0 Å². The lowest BCUT2D eigenvalue weighted by Gasteiger charge is -2.09. The zero-order valence-corrected chi connectivity index (χ0v) is 13.3. The Hall–Kier alpha value is -1.39. The molecule has 106 valence electrons. The number of rotatable bonds is 5. The molecule has 2 N–H and O–H groups in total. The van der Waals surface area contributed by atoms with E-state index in [0.29, 0.717) is 19.0 Å². The highest BCUT2D eigenvalue weighted by Gasteiger charge is 2.04. The fourth-order valence-corrected chi connectivity index (χ4v) is 2.37. The van der Waals surface area contributed by atoms with E-state index in [4.69, 9.17) is 0 Å². The maximum Gasteiger partial charge on any atom is 0.225 e. The molecule has 0 saturated carbocycles. The molecule has 2 aromatic carbocycles. The van der Waals surface area contributed by atoms with Crippen LogP contribution in [0.15, 0.2) is 40.9 Å². The second-order valence-electron chi connectivity index (χ2n) is 5.11. The van der Waals surface area contributed by atoms with E-state index in [2.05, 4.69) is 46.5 Å². The monoisotopic (exact) mass is 334 g/mol. The van der Waals surface area contributed by atoms with Gasteiger partial charge in [0, 0.05) is 29.2 Å². The van der Waals surface area contributed by atoms with Gasteiger partial charge in [-0.3, -0.25) is 4.79 Å². The predicted molar refractivity (Wildman–Crippen MR) is 88.0 cm³/mol. The third-order valence-electron chi connectivity index (χ3n) is 2.99. The minimum Gasteiger partial charge on any atom is -0.326 e. The van der Waals surface area contributed by atoms with E-state index in [1.807, 2.05) is 30.3 Å². The van der Waals surface area contributed by atoms with E-state index in [-0.39, 0.29) is 5.91 Å². The Morgan fingerprint density at radius 1 is 1.15 bits per heavy atom. The molecule has 0 aliphatic heterocycles. The highest BCUT2D eigenvalue weighted by atomic mass is 79.9. The lowest BCUT2D eigenvalue weighted by atomic mass is 10.1. The first-order valence-corrected chi connectivity index (χ1v) is 7.56. The van der Waals surface area contributed by atoms with Gasteiger partial charge in [-0.1, -0.05) is 41.9 Å². The summed E-state index contributed by atoms with van der Waals surface area (Å²) >= 11 is 3.45. The highest BCUT2D eigenvalue weighted by Crippen LogP contribution is 2.22. The van der Waals surface area contributed by atoms with Crippen molar-refractivity contribution in [1.29, 1.82) is 0 Å². The smallest absolute Gasteiger partial charge is 0.225 e. The van der Waals surface area contributed by atoms with Gasteiger partial charge in [0.25, 0.3) is 0 Å². The molecule has 0 atom stereocenters. The van der Waals surface area contributed by atoms with Crippen LogP contribution in [-0.4, -0.2) is 18.5 Å². The molecule has 0 aromatic heterocycles. The highest BCUT2D eigenvalue weighted by molar-refractivity contribution is 9.10. The average Bonchev–Trinajstić information content (AvgIpc) is 2.38. The van der Waals surface area contributed by atoms with Crippen LogP contribution in [0, 0.1) is 0 Å².